The van der Waals surface area contributed by atoms with Crippen molar-refractivity contribution in [3.63, 3.8) is 0 Å². The van der Waals surface area contributed by atoms with E-state index in [1.165, 1.54) is 43.0 Å². The van der Waals surface area contributed by atoms with Crippen LogP contribution in [0.25, 0.3) is 0 Å². The lowest BCUT2D eigenvalue weighted by Gasteiger charge is -2.21. The van der Waals surface area contributed by atoms with E-state index >= 15 is 0 Å². The standard InChI is InChI=1S/C15H24N2/c1-11(2)13-7-8-14(16-15(13)12(3)4)17-9-5-6-10-17/h7-8,11-12H,5-6,9-10H2,1-4H3. The van der Waals surface area contributed by atoms with Crippen LogP contribution in [0.1, 0.15) is 63.6 Å². The fourth-order valence-corrected chi connectivity index (χ4v) is 2.55. The lowest BCUT2D eigenvalue weighted by Crippen LogP contribution is -2.20. The monoisotopic (exact) mass is 232 g/mol. The fourth-order valence-electron chi connectivity index (χ4n) is 2.55. The highest BCUT2D eigenvalue weighted by Gasteiger charge is 2.17. The summed E-state index contributed by atoms with van der Waals surface area (Å²) >= 11 is 0. The van der Waals surface area contributed by atoms with Crippen LogP contribution in [0.2, 0.25) is 0 Å². The van der Waals surface area contributed by atoms with Crippen LogP contribution >= 0.6 is 0 Å². The van der Waals surface area contributed by atoms with Crippen LogP contribution in [0.15, 0.2) is 12.1 Å². The summed E-state index contributed by atoms with van der Waals surface area (Å²) in [4.78, 5) is 7.31. The first kappa shape index (κ1) is 12.4. The molecule has 0 unspecified atom stereocenters. The minimum absolute atomic E-state index is 0.509. The molecule has 0 spiro atoms. The summed E-state index contributed by atoms with van der Waals surface area (Å²) in [6.07, 6.45) is 2.62. The Bertz CT molecular complexity index is 377. The summed E-state index contributed by atoms with van der Waals surface area (Å²) in [7, 11) is 0. The normalized spacial score (nSPS) is 16.2. The molecule has 1 aromatic rings. The van der Waals surface area contributed by atoms with E-state index in [2.05, 4.69) is 44.7 Å². The van der Waals surface area contributed by atoms with Gasteiger partial charge in [-0.3, -0.25) is 0 Å². The largest absolute Gasteiger partial charge is 0.357 e. The first-order chi connectivity index (χ1) is 8.09. The molecular weight excluding hydrogens is 208 g/mol. The number of hydrogen-bond acceptors (Lipinski definition) is 2. The molecule has 1 aliphatic rings. The van der Waals surface area contributed by atoms with Crippen molar-refractivity contribution in [2.75, 3.05) is 18.0 Å². The molecule has 0 radical (unpaired) electrons. The Hall–Kier alpha value is -1.05. The highest BCUT2D eigenvalue weighted by atomic mass is 15.2. The average molecular weight is 232 g/mol. The lowest BCUT2D eigenvalue weighted by molar-refractivity contribution is 0.751. The smallest absolute Gasteiger partial charge is 0.128 e. The van der Waals surface area contributed by atoms with Crippen molar-refractivity contribution in [3.05, 3.63) is 23.4 Å². The van der Waals surface area contributed by atoms with E-state index in [1.807, 2.05) is 0 Å². The molecule has 94 valence electrons. The molecular formula is C15H24N2. The summed E-state index contributed by atoms with van der Waals surface area (Å²) in [6, 6.07) is 4.48. The fraction of sp³-hybridized carbons (Fsp3) is 0.667. The van der Waals surface area contributed by atoms with E-state index in [-0.39, 0.29) is 0 Å². The van der Waals surface area contributed by atoms with Crippen LogP contribution in [0.4, 0.5) is 5.82 Å². The van der Waals surface area contributed by atoms with Crippen molar-refractivity contribution in [1.82, 2.24) is 4.98 Å². The van der Waals surface area contributed by atoms with Gasteiger partial charge in [-0.15, -0.1) is 0 Å². The third-order valence-corrected chi connectivity index (χ3v) is 3.54. The lowest BCUT2D eigenvalue weighted by atomic mass is 9.95. The summed E-state index contributed by atoms with van der Waals surface area (Å²) in [6.45, 7) is 11.3. The zero-order chi connectivity index (χ0) is 12.4. The van der Waals surface area contributed by atoms with Crippen LogP contribution in [-0.4, -0.2) is 18.1 Å². The molecule has 1 saturated heterocycles. The van der Waals surface area contributed by atoms with Crippen LogP contribution in [0, 0.1) is 0 Å². The Morgan fingerprint density at radius 2 is 1.65 bits per heavy atom. The van der Waals surface area contributed by atoms with E-state index in [4.69, 9.17) is 4.98 Å². The molecule has 0 atom stereocenters. The Labute approximate surface area is 105 Å². The summed E-state index contributed by atoms with van der Waals surface area (Å²) in [5.41, 5.74) is 2.69. The zero-order valence-corrected chi connectivity index (χ0v) is 11.5. The molecule has 2 heteroatoms. The van der Waals surface area contributed by atoms with Gasteiger partial charge in [-0.25, -0.2) is 4.98 Å². The van der Waals surface area contributed by atoms with Gasteiger partial charge in [0.1, 0.15) is 5.82 Å². The average Bonchev–Trinajstić information content (AvgIpc) is 2.81. The van der Waals surface area contributed by atoms with Crippen molar-refractivity contribution in [3.8, 4) is 0 Å². The predicted octanol–water partition coefficient (Wildman–Crippen LogP) is 3.93. The molecule has 2 nitrogen and oxygen atoms in total. The summed E-state index contributed by atoms with van der Waals surface area (Å²) in [5, 5.41) is 0. The van der Waals surface area contributed by atoms with Crippen LogP contribution in [0.3, 0.4) is 0 Å². The minimum atomic E-state index is 0.509. The van der Waals surface area contributed by atoms with Crippen molar-refractivity contribution in [1.29, 1.82) is 0 Å². The maximum atomic E-state index is 4.90. The summed E-state index contributed by atoms with van der Waals surface area (Å²) < 4.78 is 0. The second-order valence-electron chi connectivity index (χ2n) is 5.65. The molecule has 0 aromatic carbocycles. The van der Waals surface area contributed by atoms with Crippen molar-refractivity contribution < 1.29 is 0 Å². The van der Waals surface area contributed by atoms with Crippen molar-refractivity contribution in [2.24, 2.45) is 0 Å². The minimum Gasteiger partial charge on any atom is -0.357 e. The molecule has 17 heavy (non-hydrogen) atoms. The van der Waals surface area contributed by atoms with Crippen LogP contribution < -0.4 is 4.90 Å². The molecule has 2 heterocycles. The molecule has 0 aliphatic carbocycles. The Kier molecular flexibility index (Phi) is 3.70. The number of aromatic nitrogens is 1. The van der Waals surface area contributed by atoms with Gasteiger partial charge in [0.05, 0.1) is 0 Å². The molecule has 0 N–H and O–H groups in total. The van der Waals surface area contributed by atoms with Gasteiger partial charge in [-0.2, -0.15) is 0 Å². The van der Waals surface area contributed by atoms with E-state index in [0.717, 1.165) is 0 Å². The van der Waals surface area contributed by atoms with E-state index < -0.39 is 0 Å². The van der Waals surface area contributed by atoms with Gasteiger partial charge in [0.25, 0.3) is 0 Å². The Morgan fingerprint density at radius 1 is 1.00 bits per heavy atom. The van der Waals surface area contributed by atoms with Gasteiger partial charge in [0, 0.05) is 18.8 Å². The topological polar surface area (TPSA) is 16.1 Å². The highest BCUT2D eigenvalue weighted by Crippen LogP contribution is 2.28. The van der Waals surface area contributed by atoms with Crippen molar-refractivity contribution in [2.45, 2.75) is 52.4 Å². The van der Waals surface area contributed by atoms with E-state index in [0.29, 0.717) is 11.8 Å². The van der Waals surface area contributed by atoms with Gasteiger partial charge in [-0.05, 0) is 36.3 Å². The maximum Gasteiger partial charge on any atom is 0.128 e. The highest BCUT2D eigenvalue weighted by molar-refractivity contribution is 5.44. The second kappa shape index (κ2) is 5.07. The number of anilines is 1. The first-order valence-electron chi connectivity index (χ1n) is 6.85. The van der Waals surface area contributed by atoms with Gasteiger partial charge in [-0.1, -0.05) is 33.8 Å². The number of hydrogen-bond donors (Lipinski definition) is 0. The summed E-state index contributed by atoms with van der Waals surface area (Å²) in [5.74, 6) is 2.25. The van der Waals surface area contributed by atoms with Crippen LogP contribution in [0.5, 0.6) is 0 Å². The Balaban J connectivity index is 2.34. The molecule has 0 bridgehead atoms. The SMILES string of the molecule is CC(C)c1ccc(N2CCCC2)nc1C(C)C. The number of pyridine rings is 1. The zero-order valence-electron chi connectivity index (χ0n) is 11.5. The number of rotatable bonds is 3. The third kappa shape index (κ3) is 2.62. The van der Waals surface area contributed by atoms with Crippen molar-refractivity contribution >= 4 is 5.82 Å². The number of nitrogens with zero attached hydrogens (tertiary/aromatic N) is 2. The van der Waals surface area contributed by atoms with Gasteiger partial charge in [0.15, 0.2) is 0 Å². The molecule has 1 fully saturated rings. The van der Waals surface area contributed by atoms with E-state index in [9.17, 15) is 0 Å². The molecule has 0 amide bonds. The van der Waals surface area contributed by atoms with Gasteiger partial charge >= 0.3 is 0 Å². The van der Waals surface area contributed by atoms with E-state index in [1.54, 1.807) is 0 Å². The van der Waals surface area contributed by atoms with Gasteiger partial charge < -0.3 is 4.90 Å². The molecule has 1 aliphatic heterocycles. The van der Waals surface area contributed by atoms with Gasteiger partial charge in [0.2, 0.25) is 0 Å². The molecule has 2 rings (SSSR count). The third-order valence-electron chi connectivity index (χ3n) is 3.54. The quantitative estimate of drug-likeness (QED) is 0.785. The molecule has 1 aromatic heterocycles. The maximum absolute atomic E-state index is 4.90. The predicted molar refractivity (Wildman–Crippen MR) is 73.9 cm³/mol. The van der Waals surface area contributed by atoms with Crippen LogP contribution in [-0.2, 0) is 0 Å². The first-order valence-corrected chi connectivity index (χ1v) is 6.85. The Morgan fingerprint density at radius 3 is 2.18 bits per heavy atom. The molecule has 0 saturated carbocycles. The second-order valence-corrected chi connectivity index (χ2v) is 5.65.